The summed E-state index contributed by atoms with van der Waals surface area (Å²) in [7, 11) is 1.86. The van der Waals surface area contributed by atoms with Gasteiger partial charge in [0.05, 0.1) is 0 Å². The number of hydrogen-bond donors (Lipinski definition) is 0. The first kappa shape index (κ1) is 12.0. The van der Waals surface area contributed by atoms with Crippen LogP contribution in [0.5, 0.6) is 0 Å². The summed E-state index contributed by atoms with van der Waals surface area (Å²) >= 11 is 0. The van der Waals surface area contributed by atoms with Crippen LogP contribution < -0.4 is 4.90 Å². The number of rotatable bonds is 1. The molecule has 2 nitrogen and oxygen atoms in total. The Hall–Kier alpha value is -2.09. The van der Waals surface area contributed by atoms with E-state index in [1.54, 1.807) is 4.90 Å². The second-order valence-electron chi connectivity index (χ2n) is 5.13. The number of carbonyl (C=O) groups excluding carboxylic acids is 1. The quantitative estimate of drug-likeness (QED) is 0.760. The van der Waals surface area contributed by atoms with E-state index in [1.807, 2.05) is 50.4 Å². The molecule has 19 heavy (non-hydrogen) atoms. The third-order valence-corrected chi connectivity index (χ3v) is 4.01. The smallest absolute Gasteiger partial charge is 0.230 e. The highest BCUT2D eigenvalue weighted by molar-refractivity contribution is 5.98. The van der Waals surface area contributed by atoms with Crippen LogP contribution in [0.3, 0.4) is 0 Å². The number of fused-ring (bicyclic) bond motifs is 1. The zero-order chi connectivity index (χ0) is 13.4. The summed E-state index contributed by atoms with van der Waals surface area (Å²) in [6, 6.07) is 18.5. The largest absolute Gasteiger partial charge is 0.315 e. The van der Waals surface area contributed by atoms with Crippen LogP contribution in [0.1, 0.15) is 24.0 Å². The first-order chi connectivity index (χ1) is 9.20. The number of hydrogen-bond acceptors (Lipinski definition) is 1. The van der Waals surface area contributed by atoms with Gasteiger partial charge in [0.2, 0.25) is 5.91 Å². The maximum absolute atomic E-state index is 12.4. The van der Waals surface area contributed by atoms with Crippen LogP contribution in [0.4, 0.5) is 5.69 Å². The van der Waals surface area contributed by atoms with Gasteiger partial charge >= 0.3 is 0 Å². The van der Waals surface area contributed by atoms with Gasteiger partial charge in [-0.05, 0) is 17.2 Å². The minimum atomic E-state index is -0.0256. The van der Waals surface area contributed by atoms with Crippen LogP contribution in [-0.4, -0.2) is 13.0 Å². The molecule has 3 rings (SSSR count). The Bertz CT molecular complexity index is 606. The van der Waals surface area contributed by atoms with Crippen molar-refractivity contribution in [2.45, 2.75) is 12.8 Å². The lowest BCUT2D eigenvalue weighted by atomic mass is 9.77. The summed E-state index contributed by atoms with van der Waals surface area (Å²) in [6.45, 7) is 2.02. The summed E-state index contributed by atoms with van der Waals surface area (Å²) in [5.41, 5.74) is 3.48. The zero-order valence-electron chi connectivity index (χ0n) is 11.2. The Morgan fingerprint density at radius 1 is 0.947 bits per heavy atom. The Morgan fingerprint density at radius 2 is 1.58 bits per heavy atom. The Labute approximate surface area is 113 Å². The van der Waals surface area contributed by atoms with Gasteiger partial charge in [0, 0.05) is 24.6 Å². The van der Waals surface area contributed by atoms with Crippen molar-refractivity contribution in [1.29, 1.82) is 0 Å². The van der Waals surface area contributed by atoms with Crippen molar-refractivity contribution >= 4 is 11.6 Å². The maximum atomic E-state index is 12.4. The molecule has 0 saturated heterocycles. The molecule has 0 saturated carbocycles. The van der Waals surface area contributed by atoms with E-state index in [1.165, 1.54) is 11.1 Å². The molecule has 1 aliphatic rings. The van der Waals surface area contributed by atoms with E-state index in [2.05, 4.69) is 18.2 Å². The van der Waals surface area contributed by atoms with Crippen LogP contribution in [0.2, 0.25) is 0 Å². The van der Waals surface area contributed by atoms with E-state index in [4.69, 9.17) is 0 Å². The standard InChI is InChI=1S/C17H17NO/c1-12-16(13-8-4-3-5-9-13)14-10-6-7-11-15(14)18(2)17(12)19/h3-12,16H,1-2H3. The second-order valence-corrected chi connectivity index (χ2v) is 5.13. The van der Waals surface area contributed by atoms with E-state index in [-0.39, 0.29) is 17.7 Å². The van der Waals surface area contributed by atoms with Crippen LogP contribution in [-0.2, 0) is 4.79 Å². The van der Waals surface area contributed by atoms with Crippen LogP contribution in [0.15, 0.2) is 54.6 Å². The van der Waals surface area contributed by atoms with E-state index in [0.29, 0.717) is 0 Å². The molecule has 0 aromatic heterocycles. The van der Waals surface area contributed by atoms with Crippen molar-refractivity contribution < 1.29 is 4.79 Å². The molecule has 96 valence electrons. The molecule has 0 N–H and O–H groups in total. The zero-order valence-corrected chi connectivity index (χ0v) is 11.2. The van der Waals surface area contributed by atoms with Crippen LogP contribution in [0.25, 0.3) is 0 Å². The summed E-state index contributed by atoms with van der Waals surface area (Å²) in [5.74, 6) is 0.316. The predicted octanol–water partition coefficient (Wildman–Crippen LogP) is 3.43. The fourth-order valence-corrected chi connectivity index (χ4v) is 3.02. The topological polar surface area (TPSA) is 20.3 Å². The highest BCUT2D eigenvalue weighted by Crippen LogP contribution is 2.42. The SMILES string of the molecule is CC1C(=O)N(C)c2ccccc2C1c1ccccc1. The molecule has 2 aromatic rings. The van der Waals surface area contributed by atoms with Gasteiger partial charge < -0.3 is 4.90 Å². The number of benzene rings is 2. The summed E-state index contributed by atoms with van der Waals surface area (Å²) in [4.78, 5) is 14.2. The summed E-state index contributed by atoms with van der Waals surface area (Å²) in [5, 5.41) is 0. The number of anilines is 1. The average molecular weight is 251 g/mol. The molecule has 2 atom stereocenters. The number of carbonyl (C=O) groups is 1. The van der Waals surface area contributed by atoms with E-state index >= 15 is 0 Å². The second kappa shape index (κ2) is 4.54. The predicted molar refractivity (Wildman–Crippen MR) is 77.3 cm³/mol. The number of para-hydroxylation sites is 1. The molecule has 2 aromatic carbocycles. The molecular weight excluding hydrogens is 234 g/mol. The lowest BCUT2D eigenvalue weighted by Crippen LogP contribution is -2.39. The first-order valence-corrected chi connectivity index (χ1v) is 6.61. The molecule has 1 aliphatic heterocycles. The molecule has 0 fully saturated rings. The Morgan fingerprint density at radius 3 is 2.32 bits per heavy atom. The van der Waals surface area contributed by atoms with Crippen molar-refractivity contribution in [2.24, 2.45) is 5.92 Å². The fraction of sp³-hybridized carbons (Fsp3) is 0.235. The van der Waals surface area contributed by atoms with Gasteiger partial charge in [0.15, 0.2) is 0 Å². The van der Waals surface area contributed by atoms with Gasteiger partial charge in [-0.25, -0.2) is 0 Å². The lowest BCUT2D eigenvalue weighted by Gasteiger charge is -2.36. The van der Waals surface area contributed by atoms with Gasteiger partial charge in [0.1, 0.15) is 0 Å². The van der Waals surface area contributed by atoms with Gasteiger partial charge in [-0.1, -0.05) is 55.5 Å². The Kier molecular flexibility index (Phi) is 2.86. The monoisotopic (exact) mass is 251 g/mol. The number of amides is 1. The van der Waals surface area contributed by atoms with Gasteiger partial charge in [0.25, 0.3) is 0 Å². The molecule has 0 radical (unpaired) electrons. The molecule has 2 unspecified atom stereocenters. The summed E-state index contributed by atoms with van der Waals surface area (Å²) < 4.78 is 0. The third-order valence-electron chi connectivity index (χ3n) is 4.01. The van der Waals surface area contributed by atoms with E-state index < -0.39 is 0 Å². The average Bonchev–Trinajstić information content (AvgIpc) is 2.46. The molecule has 1 amide bonds. The molecule has 0 spiro atoms. The lowest BCUT2D eigenvalue weighted by molar-refractivity contribution is -0.122. The van der Waals surface area contributed by atoms with Crippen LogP contribution in [0, 0.1) is 5.92 Å². The normalized spacial score (nSPS) is 22.2. The first-order valence-electron chi connectivity index (χ1n) is 6.61. The van der Waals surface area contributed by atoms with E-state index in [0.717, 1.165) is 5.69 Å². The minimum absolute atomic E-state index is 0.0256. The van der Waals surface area contributed by atoms with Crippen molar-refractivity contribution in [2.75, 3.05) is 11.9 Å². The van der Waals surface area contributed by atoms with Crippen molar-refractivity contribution in [1.82, 2.24) is 0 Å². The minimum Gasteiger partial charge on any atom is -0.315 e. The molecular formula is C17H17NO. The summed E-state index contributed by atoms with van der Waals surface area (Å²) in [6.07, 6.45) is 0. The maximum Gasteiger partial charge on any atom is 0.230 e. The van der Waals surface area contributed by atoms with Gasteiger partial charge in [-0.3, -0.25) is 4.79 Å². The highest BCUT2D eigenvalue weighted by atomic mass is 16.2. The fourth-order valence-electron chi connectivity index (χ4n) is 3.02. The van der Waals surface area contributed by atoms with Gasteiger partial charge in [-0.15, -0.1) is 0 Å². The molecule has 1 heterocycles. The van der Waals surface area contributed by atoms with Crippen molar-refractivity contribution in [3.05, 3.63) is 65.7 Å². The highest BCUT2D eigenvalue weighted by Gasteiger charge is 2.36. The molecule has 2 heteroatoms. The van der Waals surface area contributed by atoms with Crippen molar-refractivity contribution in [3.8, 4) is 0 Å². The number of nitrogens with zero attached hydrogens (tertiary/aromatic N) is 1. The van der Waals surface area contributed by atoms with Gasteiger partial charge in [-0.2, -0.15) is 0 Å². The van der Waals surface area contributed by atoms with Crippen molar-refractivity contribution in [3.63, 3.8) is 0 Å². The van der Waals surface area contributed by atoms with E-state index in [9.17, 15) is 4.79 Å². The van der Waals surface area contributed by atoms with Crippen LogP contribution >= 0.6 is 0 Å². The third kappa shape index (κ3) is 1.84. The Balaban J connectivity index is 2.19. The molecule has 0 bridgehead atoms. The molecule has 0 aliphatic carbocycles.